The Morgan fingerprint density at radius 3 is 2.71 bits per heavy atom. The van der Waals surface area contributed by atoms with E-state index in [9.17, 15) is 8.42 Å². The number of nitrogens with two attached hydrogens (primary N) is 1. The van der Waals surface area contributed by atoms with Crippen molar-refractivity contribution in [3.05, 3.63) is 35.4 Å². The van der Waals surface area contributed by atoms with Crippen LogP contribution in [0.2, 0.25) is 0 Å². The highest BCUT2D eigenvalue weighted by molar-refractivity contribution is 7.88. The Balaban J connectivity index is 2.00. The van der Waals surface area contributed by atoms with Crippen LogP contribution in [0.3, 0.4) is 0 Å². The number of nitrogens with zero attached hydrogens (tertiary/aromatic N) is 1. The fraction of sp³-hybridized carbons (Fsp3) is 0.500. The predicted molar refractivity (Wildman–Crippen MR) is 88.6 cm³/mol. The molecule has 0 aromatic heterocycles. The molecular formula is C14H21N3O2S2. The number of piperidine rings is 1. The van der Waals surface area contributed by atoms with Gasteiger partial charge in [-0.2, -0.15) is 0 Å². The topological polar surface area (TPSA) is 75.4 Å². The molecule has 1 aromatic rings. The monoisotopic (exact) mass is 327 g/mol. The summed E-state index contributed by atoms with van der Waals surface area (Å²) in [6.45, 7) is 1.84. The Hall–Kier alpha value is -1.02. The second-order valence-electron chi connectivity index (χ2n) is 5.52. The van der Waals surface area contributed by atoms with Crippen LogP contribution in [0, 0.1) is 0 Å². The van der Waals surface area contributed by atoms with E-state index in [-0.39, 0.29) is 16.8 Å². The molecule has 0 atom stereocenters. The van der Waals surface area contributed by atoms with Crippen molar-refractivity contribution in [3.8, 4) is 0 Å². The van der Waals surface area contributed by atoms with Crippen molar-refractivity contribution in [1.82, 2.24) is 9.62 Å². The molecule has 0 amide bonds. The summed E-state index contributed by atoms with van der Waals surface area (Å²) < 4.78 is 27.3. The van der Waals surface area contributed by atoms with Crippen LogP contribution in [0.4, 0.5) is 0 Å². The summed E-state index contributed by atoms with van der Waals surface area (Å²) in [5.41, 5.74) is 6.96. The van der Waals surface area contributed by atoms with Crippen LogP contribution in [0.5, 0.6) is 0 Å². The molecule has 21 heavy (non-hydrogen) atoms. The van der Waals surface area contributed by atoms with E-state index in [2.05, 4.69) is 9.62 Å². The van der Waals surface area contributed by atoms with E-state index in [4.69, 9.17) is 18.0 Å². The largest absolute Gasteiger partial charge is 0.389 e. The number of likely N-dealkylation sites (tertiary alicyclic amines) is 1. The zero-order valence-corrected chi connectivity index (χ0v) is 13.7. The Kier molecular flexibility index (Phi) is 5.32. The second-order valence-corrected chi connectivity index (χ2v) is 7.71. The van der Waals surface area contributed by atoms with Crippen molar-refractivity contribution in [2.45, 2.75) is 24.6 Å². The van der Waals surface area contributed by atoms with Crippen LogP contribution in [0.1, 0.15) is 24.0 Å². The molecule has 2 rings (SSSR count). The maximum absolute atomic E-state index is 12.2. The highest BCUT2D eigenvalue weighted by atomic mass is 32.2. The Labute approximate surface area is 131 Å². The minimum absolute atomic E-state index is 0.0324. The molecule has 0 radical (unpaired) electrons. The molecule has 1 fully saturated rings. The lowest BCUT2D eigenvalue weighted by molar-refractivity contribution is 0.248. The van der Waals surface area contributed by atoms with Crippen molar-refractivity contribution in [2.24, 2.45) is 5.73 Å². The third kappa shape index (κ3) is 5.03. The number of benzene rings is 1. The maximum atomic E-state index is 12.2. The fourth-order valence-corrected chi connectivity index (χ4v) is 4.03. The molecule has 1 aliphatic heterocycles. The van der Waals surface area contributed by atoms with Gasteiger partial charge >= 0.3 is 0 Å². The lowest BCUT2D eigenvalue weighted by Gasteiger charge is -2.29. The molecule has 0 saturated carbocycles. The minimum atomic E-state index is -3.35. The summed E-state index contributed by atoms with van der Waals surface area (Å²) in [4.78, 5) is 2.48. The van der Waals surface area contributed by atoms with Crippen molar-refractivity contribution in [2.75, 3.05) is 20.1 Å². The molecule has 1 aromatic carbocycles. The van der Waals surface area contributed by atoms with Gasteiger partial charge in [-0.15, -0.1) is 0 Å². The Morgan fingerprint density at radius 2 is 2.10 bits per heavy atom. The molecule has 5 nitrogen and oxygen atoms in total. The highest BCUT2D eigenvalue weighted by Crippen LogP contribution is 2.13. The molecule has 116 valence electrons. The summed E-state index contributed by atoms with van der Waals surface area (Å²) in [5.74, 6) is -0.0458. The highest BCUT2D eigenvalue weighted by Gasteiger charge is 2.22. The molecule has 1 heterocycles. The molecule has 0 aliphatic carbocycles. The maximum Gasteiger partial charge on any atom is 0.216 e. The smallest absolute Gasteiger partial charge is 0.216 e. The zero-order valence-electron chi connectivity index (χ0n) is 12.1. The van der Waals surface area contributed by atoms with Crippen molar-refractivity contribution in [1.29, 1.82) is 0 Å². The van der Waals surface area contributed by atoms with Gasteiger partial charge in [0.1, 0.15) is 4.99 Å². The number of sulfonamides is 1. The van der Waals surface area contributed by atoms with E-state index in [0.717, 1.165) is 25.9 Å². The first-order chi connectivity index (χ1) is 9.85. The van der Waals surface area contributed by atoms with Crippen LogP contribution in [-0.4, -0.2) is 44.5 Å². The summed E-state index contributed by atoms with van der Waals surface area (Å²) in [5, 5.41) is 0. The van der Waals surface area contributed by atoms with Gasteiger partial charge < -0.3 is 10.6 Å². The first-order valence-electron chi connectivity index (χ1n) is 6.93. The van der Waals surface area contributed by atoms with Crippen LogP contribution in [0.15, 0.2) is 24.3 Å². The Morgan fingerprint density at radius 1 is 1.43 bits per heavy atom. The van der Waals surface area contributed by atoms with Gasteiger partial charge in [-0.3, -0.25) is 0 Å². The SMILES string of the molecule is CN1CCC(NS(=O)(=O)Cc2cccc(C(N)=S)c2)CC1. The normalized spacial score (nSPS) is 17.8. The van der Waals surface area contributed by atoms with Gasteiger partial charge in [-0.05, 0) is 44.6 Å². The van der Waals surface area contributed by atoms with Gasteiger partial charge in [0, 0.05) is 11.6 Å². The number of nitrogens with one attached hydrogen (secondary N) is 1. The molecule has 0 spiro atoms. The first kappa shape index (κ1) is 16.4. The fourth-order valence-electron chi connectivity index (χ4n) is 2.46. The van der Waals surface area contributed by atoms with Gasteiger partial charge in [-0.1, -0.05) is 30.4 Å². The molecule has 7 heteroatoms. The average molecular weight is 327 g/mol. The van der Waals surface area contributed by atoms with Gasteiger partial charge in [-0.25, -0.2) is 13.1 Å². The molecule has 1 aliphatic rings. The first-order valence-corrected chi connectivity index (χ1v) is 8.99. The van der Waals surface area contributed by atoms with Crippen LogP contribution in [0.25, 0.3) is 0 Å². The standard InChI is InChI=1S/C14H21N3O2S2/c1-17-7-5-13(6-8-17)16-21(18,19)10-11-3-2-4-12(9-11)14(15)20/h2-4,9,13,16H,5-8,10H2,1H3,(H2,15,20). The van der Waals surface area contributed by atoms with Crippen LogP contribution in [-0.2, 0) is 15.8 Å². The number of thiocarbonyl (C=S) groups is 1. The van der Waals surface area contributed by atoms with E-state index in [1.807, 2.05) is 7.05 Å². The third-order valence-electron chi connectivity index (χ3n) is 3.63. The number of hydrogen-bond donors (Lipinski definition) is 2. The lowest BCUT2D eigenvalue weighted by atomic mass is 10.1. The van der Waals surface area contributed by atoms with Crippen molar-refractivity contribution < 1.29 is 8.42 Å². The van der Waals surface area contributed by atoms with E-state index in [1.165, 1.54) is 0 Å². The van der Waals surface area contributed by atoms with Crippen molar-refractivity contribution >= 4 is 27.2 Å². The van der Waals surface area contributed by atoms with Gasteiger partial charge in [0.2, 0.25) is 10.0 Å². The number of rotatable bonds is 5. The molecule has 0 unspecified atom stereocenters. The summed E-state index contributed by atoms with van der Waals surface area (Å²) in [7, 11) is -1.30. The molecule has 3 N–H and O–H groups in total. The third-order valence-corrected chi connectivity index (χ3v) is 5.27. The average Bonchev–Trinajstić information content (AvgIpc) is 2.41. The Bertz CT molecular complexity index is 608. The summed E-state index contributed by atoms with van der Waals surface area (Å²) in [6.07, 6.45) is 1.70. The second kappa shape index (κ2) is 6.83. The van der Waals surface area contributed by atoms with Gasteiger partial charge in [0.15, 0.2) is 0 Å². The summed E-state index contributed by atoms with van der Waals surface area (Å²) in [6, 6.07) is 7.09. The summed E-state index contributed by atoms with van der Waals surface area (Å²) >= 11 is 4.91. The van der Waals surface area contributed by atoms with E-state index < -0.39 is 10.0 Å². The predicted octanol–water partition coefficient (Wildman–Crippen LogP) is 0.834. The van der Waals surface area contributed by atoms with E-state index in [0.29, 0.717) is 11.1 Å². The van der Waals surface area contributed by atoms with E-state index in [1.54, 1.807) is 24.3 Å². The molecule has 0 bridgehead atoms. The van der Waals surface area contributed by atoms with Crippen LogP contribution >= 0.6 is 12.2 Å². The van der Waals surface area contributed by atoms with Crippen molar-refractivity contribution in [3.63, 3.8) is 0 Å². The minimum Gasteiger partial charge on any atom is -0.389 e. The van der Waals surface area contributed by atoms with E-state index >= 15 is 0 Å². The quantitative estimate of drug-likeness (QED) is 0.784. The molecular weight excluding hydrogens is 306 g/mol. The lowest BCUT2D eigenvalue weighted by Crippen LogP contribution is -2.43. The molecule has 1 saturated heterocycles. The van der Waals surface area contributed by atoms with Gasteiger partial charge in [0.25, 0.3) is 0 Å². The number of hydrogen-bond acceptors (Lipinski definition) is 4. The zero-order chi connectivity index (χ0) is 15.5. The van der Waals surface area contributed by atoms with Crippen LogP contribution < -0.4 is 10.5 Å². The van der Waals surface area contributed by atoms with Gasteiger partial charge in [0.05, 0.1) is 5.75 Å².